The fourth-order valence-corrected chi connectivity index (χ4v) is 2.76. The van der Waals surface area contributed by atoms with Gasteiger partial charge >= 0.3 is 0 Å². The van der Waals surface area contributed by atoms with E-state index in [4.69, 9.17) is 0 Å². The third-order valence-electron chi connectivity index (χ3n) is 3.71. The Bertz CT molecular complexity index is 473. The maximum absolute atomic E-state index is 13.7. The Balaban J connectivity index is 2.12. The molecule has 0 N–H and O–H groups in total. The van der Waals surface area contributed by atoms with Crippen LogP contribution in [0.15, 0.2) is 22.7 Å². The molecule has 104 valence electrons. The Morgan fingerprint density at radius 1 is 1.42 bits per heavy atom. The van der Waals surface area contributed by atoms with Gasteiger partial charge in [-0.15, -0.1) is 0 Å². The van der Waals surface area contributed by atoms with Gasteiger partial charge in [-0.2, -0.15) is 0 Å². The number of hydrogen-bond donors (Lipinski definition) is 0. The molecule has 0 unspecified atom stereocenters. The van der Waals surface area contributed by atoms with Gasteiger partial charge in [-0.3, -0.25) is 4.79 Å². The molecule has 1 aromatic carbocycles. The van der Waals surface area contributed by atoms with Gasteiger partial charge in [0.2, 0.25) is 0 Å². The molecule has 1 amide bonds. The summed E-state index contributed by atoms with van der Waals surface area (Å²) in [5.74, 6) is -0.707. The number of carbonyl (C=O) groups excluding carboxylic acids is 1. The van der Waals surface area contributed by atoms with Crippen LogP contribution in [-0.4, -0.2) is 48.9 Å². The summed E-state index contributed by atoms with van der Waals surface area (Å²) >= 11 is 3.27. The van der Waals surface area contributed by atoms with E-state index in [1.54, 1.807) is 24.1 Å². The predicted octanol–water partition coefficient (Wildman–Crippen LogP) is 2.75. The van der Waals surface area contributed by atoms with Crippen LogP contribution in [0, 0.1) is 5.82 Å². The molecule has 0 aromatic heterocycles. The minimum Gasteiger partial charge on any atom is -0.339 e. The lowest BCUT2D eigenvalue weighted by Crippen LogP contribution is -2.44. The van der Waals surface area contributed by atoms with E-state index in [1.165, 1.54) is 6.07 Å². The molecule has 2 rings (SSSR count). The van der Waals surface area contributed by atoms with Crippen molar-refractivity contribution in [2.75, 3.05) is 27.2 Å². The quantitative estimate of drug-likeness (QED) is 0.833. The summed E-state index contributed by atoms with van der Waals surface area (Å²) in [6, 6.07) is 4.66. The number of likely N-dealkylation sites (tertiary alicyclic amines) is 1. The van der Waals surface area contributed by atoms with Gasteiger partial charge in [0, 0.05) is 17.6 Å². The summed E-state index contributed by atoms with van der Waals surface area (Å²) in [6.07, 6.45) is 1.88. The van der Waals surface area contributed by atoms with E-state index in [0.717, 1.165) is 25.9 Å². The molecule has 0 aliphatic carbocycles. The highest BCUT2D eigenvalue weighted by Crippen LogP contribution is 2.20. The first kappa shape index (κ1) is 14.5. The molecule has 1 aromatic rings. The summed E-state index contributed by atoms with van der Waals surface area (Å²) in [7, 11) is 3.84. The third-order valence-corrected chi connectivity index (χ3v) is 4.21. The highest BCUT2D eigenvalue weighted by molar-refractivity contribution is 9.10. The van der Waals surface area contributed by atoms with Crippen LogP contribution in [0.25, 0.3) is 0 Å². The Morgan fingerprint density at radius 3 is 2.68 bits per heavy atom. The number of benzene rings is 1. The van der Waals surface area contributed by atoms with Gasteiger partial charge in [0.15, 0.2) is 0 Å². The lowest BCUT2D eigenvalue weighted by atomic mass is 10.0. The largest absolute Gasteiger partial charge is 0.339 e. The minimum atomic E-state index is -0.465. The van der Waals surface area contributed by atoms with Crippen LogP contribution >= 0.6 is 15.9 Å². The minimum absolute atomic E-state index is 0.135. The van der Waals surface area contributed by atoms with Crippen molar-refractivity contribution >= 4 is 21.8 Å². The average Bonchev–Trinajstić information content (AvgIpc) is 2.41. The van der Waals surface area contributed by atoms with E-state index in [9.17, 15) is 9.18 Å². The Hall–Kier alpha value is -0.940. The van der Waals surface area contributed by atoms with Gasteiger partial charge < -0.3 is 9.80 Å². The number of nitrogens with zero attached hydrogens (tertiary/aromatic N) is 2. The van der Waals surface area contributed by atoms with Crippen LogP contribution < -0.4 is 0 Å². The first-order valence-corrected chi connectivity index (χ1v) is 7.19. The lowest BCUT2D eigenvalue weighted by Gasteiger charge is -2.35. The first-order chi connectivity index (χ1) is 8.99. The average molecular weight is 329 g/mol. The van der Waals surface area contributed by atoms with Crippen molar-refractivity contribution in [1.82, 2.24) is 9.80 Å². The fourth-order valence-electron chi connectivity index (χ4n) is 2.40. The lowest BCUT2D eigenvalue weighted by molar-refractivity contribution is 0.0655. The number of halogens is 2. The Morgan fingerprint density at radius 2 is 2.05 bits per heavy atom. The van der Waals surface area contributed by atoms with Gasteiger partial charge in [0.25, 0.3) is 5.91 Å². The van der Waals surface area contributed by atoms with Crippen LogP contribution in [0.3, 0.4) is 0 Å². The predicted molar refractivity (Wildman–Crippen MR) is 76.7 cm³/mol. The standard InChI is InChI=1S/C14H18BrFN2O/c1-17-7-5-11(6-8-17)18(2)14(19)12-9-10(15)3-4-13(12)16/h3-4,9,11H,5-8H2,1-2H3. The summed E-state index contributed by atoms with van der Waals surface area (Å²) < 4.78 is 14.4. The first-order valence-electron chi connectivity index (χ1n) is 6.40. The maximum atomic E-state index is 13.7. The van der Waals surface area contributed by atoms with Crippen molar-refractivity contribution in [3.63, 3.8) is 0 Å². The van der Waals surface area contributed by atoms with Gasteiger partial charge in [-0.05, 0) is 51.2 Å². The van der Waals surface area contributed by atoms with Crippen LogP contribution in [0.1, 0.15) is 23.2 Å². The monoisotopic (exact) mass is 328 g/mol. The fraction of sp³-hybridized carbons (Fsp3) is 0.500. The van der Waals surface area contributed by atoms with Crippen molar-refractivity contribution in [3.05, 3.63) is 34.1 Å². The van der Waals surface area contributed by atoms with Crippen molar-refractivity contribution in [2.24, 2.45) is 0 Å². The molecule has 1 saturated heterocycles. The van der Waals surface area contributed by atoms with Crippen LogP contribution in [0.2, 0.25) is 0 Å². The van der Waals surface area contributed by atoms with Crippen molar-refractivity contribution in [2.45, 2.75) is 18.9 Å². The molecule has 0 saturated carbocycles. The second-order valence-corrected chi connectivity index (χ2v) is 5.99. The SMILES string of the molecule is CN1CCC(N(C)C(=O)c2cc(Br)ccc2F)CC1. The number of carbonyl (C=O) groups is 1. The summed E-state index contributed by atoms with van der Waals surface area (Å²) in [5.41, 5.74) is 0.135. The molecule has 0 radical (unpaired) electrons. The molecule has 3 nitrogen and oxygen atoms in total. The highest BCUT2D eigenvalue weighted by Gasteiger charge is 2.26. The second kappa shape index (κ2) is 6.01. The smallest absolute Gasteiger partial charge is 0.256 e. The molecule has 5 heteroatoms. The highest BCUT2D eigenvalue weighted by atomic mass is 79.9. The molecular weight excluding hydrogens is 311 g/mol. The summed E-state index contributed by atoms with van der Waals surface area (Å²) in [6.45, 7) is 1.95. The Kier molecular flexibility index (Phi) is 4.58. The number of rotatable bonds is 2. The van der Waals surface area contributed by atoms with Crippen molar-refractivity contribution in [1.29, 1.82) is 0 Å². The topological polar surface area (TPSA) is 23.6 Å². The van der Waals surface area contributed by atoms with E-state index in [0.29, 0.717) is 4.47 Å². The molecule has 1 fully saturated rings. The van der Waals surface area contributed by atoms with Gasteiger partial charge in [0.05, 0.1) is 5.56 Å². The van der Waals surface area contributed by atoms with E-state index in [2.05, 4.69) is 27.9 Å². The van der Waals surface area contributed by atoms with Crippen LogP contribution in [0.5, 0.6) is 0 Å². The van der Waals surface area contributed by atoms with E-state index in [-0.39, 0.29) is 17.5 Å². The molecule has 0 spiro atoms. The zero-order chi connectivity index (χ0) is 14.0. The molecule has 0 atom stereocenters. The van der Waals surface area contributed by atoms with E-state index in [1.807, 2.05) is 0 Å². The van der Waals surface area contributed by atoms with Gasteiger partial charge in [0.1, 0.15) is 5.82 Å². The molecule has 0 bridgehead atoms. The summed E-state index contributed by atoms with van der Waals surface area (Å²) in [4.78, 5) is 16.3. The number of hydrogen-bond acceptors (Lipinski definition) is 2. The zero-order valence-corrected chi connectivity index (χ0v) is 12.8. The van der Waals surface area contributed by atoms with Crippen molar-refractivity contribution < 1.29 is 9.18 Å². The normalized spacial score (nSPS) is 17.5. The number of amides is 1. The van der Waals surface area contributed by atoms with Crippen LogP contribution in [-0.2, 0) is 0 Å². The van der Waals surface area contributed by atoms with Gasteiger partial charge in [-0.1, -0.05) is 15.9 Å². The maximum Gasteiger partial charge on any atom is 0.256 e. The number of piperidine rings is 1. The molecular formula is C14H18BrFN2O. The van der Waals surface area contributed by atoms with E-state index < -0.39 is 5.82 Å². The van der Waals surface area contributed by atoms with Gasteiger partial charge in [-0.25, -0.2) is 4.39 Å². The third kappa shape index (κ3) is 3.34. The van der Waals surface area contributed by atoms with Crippen LogP contribution in [0.4, 0.5) is 4.39 Å². The van der Waals surface area contributed by atoms with Crippen molar-refractivity contribution in [3.8, 4) is 0 Å². The molecule has 1 heterocycles. The molecule has 1 aliphatic heterocycles. The second-order valence-electron chi connectivity index (χ2n) is 5.07. The molecule has 1 aliphatic rings. The Labute approximate surface area is 121 Å². The molecule has 19 heavy (non-hydrogen) atoms. The van der Waals surface area contributed by atoms with E-state index >= 15 is 0 Å². The summed E-state index contributed by atoms with van der Waals surface area (Å²) in [5, 5.41) is 0. The zero-order valence-electron chi connectivity index (χ0n) is 11.2.